The first kappa shape index (κ1) is 21.0. The van der Waals surface area contributed by atoms with Crippen molar-refractivity contribution in [3.63, 3.8) is 0 Å². The third-order valence-electron chi connectivity index (χ3n) is 5.46. The van der Waals surface area contributed by atoms with Crippen LogP contribution in [0.2, 0.25) is 0 Å². The second kappa shape index (κ2) is 9.17. The summed E-state index contributed by atoms with van der Waals surface area (Å²) in [6.45, 7) is 3.45. The Bertz CT molecular complexity index is 839. The van der Waals surface area contributed by atoms with E-state index >= 15 is 0 Å². The van der Waals surface area contributed by atoms with Crippen molar-refractivity contribution in [2.45, 2.75) is 32.2 Å². The Morgan fingerprint density at radius 3 is 2.48 bits per heavy atom. The van der Waals surface area contributed by atoms with Gasteiger partial charge < -0.3 is 29.0 Å². The fraction of sp³-hybridized carbons (Fsp3) is 0.524. The zero-order valence-corrected chi connectivity index (χ0v) is 17.7. The van der Waals surface area contributed by atoms with Crippen LogP contribution >= 0.6 is 0 Å². The number of likely N-dealkylation sites (tertiary alicyclic amines) is 1. The van der Waals surface area contributed by atoms with Crippen LogP contribution in [0.1, 0.15) is 35.4 Å². The van der Waals surface area contributed by atoms with Crippen LogP contribution in [0.3, 0.4) is 0 Å². The third kappa shape index (κ3) is 4.32. The predicted molar refractivity (Wildman–Crippen MR) is 109 cm³/mol. The number of rotatable bonds is 8. The van der Waals surface area contributed by atoms with E-state index in [0.717, 1.165) is 13.0 Å². The molecule has 8 heteroatoms. The highest BCUT2D eigenvalue weighted by molar-refractivity contribution is 6.01. The van der Waals surface area contributed by atoms with Gasteiger partial charge >= 0.3 is 0 Å². The monoisotopic (exact) mass is 403 g/mol. The Hall–Kier alpha value is -2.74. The van der Waals surface area contributed by atoms with E-state index in [1.165, 1.54) is 12.8 Å². The van der Waals surface area contributed by atoms with E-state index in [2.05, 4.69) is 22.4 Å². The topological polar surface area (TPSA) is 86.1 Å². The molecule has 1 atom stereocenters. The molecule has 1 aliphatic heterocycles. The van der Waals surface area contributed by atoms with E-state index in [0.29, 0.717) is 52.4 Å². The number of amides is 1. The number of methoxy groups -OCH3 is 3. The van der Waals surface area contributed by atoms with Crippen molar-refractivity contribution in [1.29, 1.82) is 0 Å². The summed E-state index contributed by atoms with van der Waals surface area (Å²) in [5, 5.41) is 7.13. The summed E-state index contributed by atoms with van der Waals surface area (Å²) in [5.41, 5.74) is 1.51. The van der Waals surface area contributed by atoms with Gasteiger partial charge in [-0.15, -0.1) is 0 Å². The normalized spacial score (nSPS) is 16.7. The Labute approximate surface area is 171 Å². The summed E-state index contributed by atoms with van der Waals surface area (Å²) in [5.74, 6) is 1.71. The quantitative estimate of drug-likeness (QED) is 0.725. The van der Waals surface area contributed by atoms with Crippen LogP contribution in [0, 0.1) is 6.92 Å². The molecule has 0 saturated carbocycles. The maximum Gasteiger partial charge on any atom is 0.257 e. The van der Waals surface area contributed by atoms with Crippen LogP contribution in [0.4, 0.5) is 0 Å². The number of nitrogens with one attached hydrogen (secondary N) is 1. The predicted octanol–water partition coefficient (Wildman–Crippen LogP) is 2.89. The molecule has 0 bridgehead atoms. The summed E-state index contributed by atoms with van der Waals surface area (Å²) >= 11 is 0. The van der Waals surface area contributed by atoms with Gasteiger partial charge in [-0.25, -0.2) is 0 Å². The molecule has 1 amide bonds. The number of nitrogens with zero attached hydrogens (tertiary/aromatic N) is 2. The molecule has 2 heterocycles. The first-order chi connectivity index (χ1) is 14.0. The van der Waals surface area contributed by atoms with Crippen LogP contribution in [0.15, 0.2) is 16.7 Å². The van der Waals surface area contributed by atoms with Gasteiger partial charge in [-0.05, 0) is 51.9 Å². The lowest BCUT2D eigenvalue weighted by atomic mass is 10.0. The molecule has 1 saturated heterocycles. The minimum absolute atomic E-state index is 0.201. The van der Waals surface area contributed by atoms with E-state index in [1.807, 2.05) is 0 Å². The number of hydrogen-bond acceptors (Lipinski definition) is 7. The largest absolute Gasteiger partial charge is 0.493 e. The lowest BCUT2D eigenvalue weighted by molar-refractivity contribution is 0.0949. The Morgan fingerprint density at radius 2 is 1.93 bits per heavy atom. The number of benzene rings is 1. The fourth-order valence-corrected chi connectivity index (χ4v) is 3.84. The van der Waals surface area contributed by atoms with E-state index in [9.17, 15) is 4.79 Å². The average Bonchev–Trinajstić information content (AvgIpc) is 3.32. The summed E-state index contributed by atoms with van der Waals surface area (Å²) in [7, 11) is 6.76. The number of ether oxygens (including phenoxy) is 3. The molecule has 1 N–H and O–H groups in total. The maximum atomic E-state index is 12.9. The second-order valence-corrected chi connectivity index (χ2v) is 7.20. The molecule has 0 radical (unpaired) electrons. The van der Waals surface area contributed by atoms with Gasteiger partial charge in [0.2, 0.25) is 5.75 Å². The van der Waals surface area contributed by atoms with Crippen molar-refractivity contribution in [2.75, 3.05) is 41.5 Å². The number of aromatic nitrogens is 1. The summed E-state index contributed by atoms with van der Waals surface area (Å²) in [4.78, 5) is 15.2. The van der Waals surface area contributed by atoms with Gasteiger partial charge in [-0.2, -0.15) is 0 Å². The van der Waals surface area contributed by atoms with Crippen molar-refractivity contribution in [1.82, 2.24) is 15.4 Å². The Balaban J connectivity index is 1.83. The van der Waals surface area contributed by atoms with Crippen LogP contribution in [0.25, 0.3) is 11.3 Å². The van der Waals surface area contributed by atoms with Gasteiger partial charge in [-0.3, -0.25) is 4.79 Å². The van der Waals surface area contributed by atoms with Gasteiger partial charge in [0.15, 0.2) is 11.5 Å². The first-order valence-electron chi connectivity index (χ1n) is 9.75. The van der Waals surface area contributed by atoms with E-state index in [4.69, 9.17) is 18.7 Å². The molecule has 0 spiro atoms. The molecule has 2 aromatic rings. The highest BCUT2D eigenvalue weighted by atomic mass is 16.5. The van der Waals surface area contributed by atoms with E-state index in [-0.39, 0.29) is 5.91 Å². The van der Waals surface area contributed by atoms with Crippen molar-refractivity contribution < 1.29 is 23.5 Å². The van der Waals surface area contributed by atoms with Gasteiger partial charge in [0, 0.05) is 18.2 Å². The van der Waals surface area contributed by atoms with Crippen LogP contribution in [-0.4, -0.2) is 63.5 Å². The van der Waals surface area contributed by atoms with Gasteiger partial charge in [0.05, 0.1) is 21.3 Å². The molecule has 29 heavy (non-hydrogen) atoms. The number of carbonyl (C=O) groups excluding carboxylic acids is 1. The molecular weight excluding hydrogens is 374 g/mol. The van der Waals surface area contributed by atoms with E-state index in [1.54, 1.807) is 40.4 Å². The highest BCUT2D eigenvalue weighted by Crippen LogP contribution is 2.41. The molecule has 1 fully saturated rings. The second-order valence-electron chi connectivity index (χ2n) is 7.20. The summed E-state index contributed by atoms with van der Waals surface area (Å²) in [6, 6.07) is 4.03. The van der Waals surface area contributed by atoms with Crippen molar-refractivity contribution in [3.8, 4) is 28.5 Å². The average molecular weight is 403 g/mol. The Kier molecular flexibility index (Phi) is 6.64. The molecule has 158 valence electrons. The number of carbonyl (C=O) groups is 1. The highest BCUT2D eigenvalue weighted by Gasteiger charge is 2.25. The molecule has 1 aromatic carbocycles. The molecule has 1 aromatic heterocycles. The van der Waals surface area contributed by atoms with Gasteiger partial charge in [-0.1, -0.05) is 5.16 Å². The lowest BCUT2D eigenvalue weighted by Crippen LogP contribution is -2.32. The zero-order valence-electron chi connectivity index (χ0n) is 17.7. The van der Waals surface area contributed by atoms with Crippen molar-refractivity contribution in [3.05, 3.63) is 23.5 Å². The molecule has 8 nitrogen and oxygen atoms in total. The smallest absolute Gasteiger partial charge is 0.257 e. The first-order valence-corrected chi connectivity index (χ1v) is 9.75. The summed E-state index contributed by atoms with van der Waals surface area (Å²) in [6.07, 6.45) is 3.31. The molecular formula is C21H29N3O5. The third-order valence-corrected chi connectivity index (χ3v) is 5.46. The molecule has 3 rings (SSSR count). The van der Waals surface area contributed by atoms with Crippen molar-refractivity contribution >= 4 is 5.91 Å². The standard InChI is InChI=1S/C21H29N3O5/c1-13-18(21(25)22-9-8-15-7-6-10-24(15)2)19(23-29-13)14-11-16(26-3)20(28-5)17(12-14)27-4/h11-12,15H,6-10H2,1-5H3,(H,22,25)/t15-/m0/s1. The van der Waals surface area contributed by atoms with Gasteiger partial charge in [0.25, 0.3) is 5.91 Å². The number of aryl methyl sites for hydroxylation is 1. The lowest BCUT2D eigenvalue weighted by Gasteiger charge is -2.19. The van der Waals surface area contributed by atoms with Crippen LogP contribution in [0.5, 0.6) is 17.2 Å². The molecule has 0 unspecified atom stereocenters. The van der Waals surface area contributed by atoms with Gasteiger partial charge in [0.1, 0.15) is 17.0 Å². The molecule has 1 aliphatic rings. The van der Waals surface area contributed by atoms with Crippen LogP contribution in [-0.2, 0) is 0 Å². The van der Waals surface area contributed by atoms with E-state index < -0.39 is 0 Å². The SMILES string of the molecule is COc1cc(-c2noc(C)c2C(=O)NCC[C@@H]2CCCN2C)cc(OC)c1OC. The maximum absolute atomic E-state index is 12.9. The van der Waals surface area contributed by atoms with Crippen molar-refractivity contribution in [2.24, 2.45) is 0 Å². The minimum Gasteiger partial charge on any atom is -0.493 e. The fourth-order valence-electron chi connectivity index (χ4n) is 3.84. The Morgan fingerprint density at radius 1 is 1.24 bits per heavy atom. The van der Waals surface area contributed by atoms with Crippen LogP contribution < -0.4 is 19.5 Å². The minimum atomic E-state index is -0.201. The zero-order chi connectivity index (χ0) is 21.0. The summed E-state index contributed by atoms with van der Waals surface area (Å²) < 4.78 is 21.5. The number of hydrogen-bond donors (Lipinski definition) is 1. The molecule has 0 aliphatic carbocycles.